The summed E-state index contributed by atoms with van der Waals surface area (Å²) in [5.74, 6) is -0.621. The molecule has 0 aliphatic heterocycles. The summed E-state index contributed by atoms with van der Waals surface area (Å²) in [6, 6.07) is -2.23. The van der Waals surface area contributed by atoms with Crippen molar-refractivity contribution in [1.82, 2.24) is 0 Å². The van der Waals surface area contributed by atoms with Gasteiger partial charge in [-0.1, -0.05) is 0 Å². The van der Waals surface area contributed by atoms with Crippen LogP contribution in [0.2, 0.25) is 0 Å². The molecule has 0 fully saturated rings. The van der Waals surface area contributed by atoms with Crippen LogP contribution in [0, 0.1) is 0 Å². The first kappa shape index (κ1) is 1.66. The van der Waals surface area contributed by atoms with Gasteiger partial charge < -0.3 is 10.5 Å². The van der Waals surface area contributed by atoms with E-state index >= 15 is 0 Å². The maximum absolute atomic E-state index is 7.41. The van der Waals surface area contributed by atoms with Crippen molar-refractivity contribution in [3.8, 4) is 5.75 Å². The smallest absolute Gasteiger partial charge is 0.119 e. The van der Waals surface area contributed by atoms with Gasteiger partial charge in [0.2, 0.25) is 0 Å². The summed E-state index contributed by atoms with van der Waals surface area (Å²) in [4.78, 5) is 0. The maximum atomic E-state index is 7.41. The van der Waals surface area contributed by atoms with Crippen LogP contribution in [0.3, 0.4) is 0 Å². The molecule has 0 atom stereocenters. The number of benzene rings is 1. The van der Waals surface area contributed by atoms with Crippen molar-refractivity contribution in [1.29, 1.82) is 0 Å². The van der Waals surface area contributed by atoms with Crippen LogP contribution in [0.5, 0.6) is 5.75 Å². The van der Waals surface area contributed by atoms with Gasteiger partial charge in [-0.15, -0.1) is 0 Å². The molecule has 9 heavy (non-hydrogen) atoms. The zero-order valence-electron chi connectivity index (χ0n) is 11.5. The van der Waals surface area contributed by atoms with E-state index in [-0.39, 0.29) is 5.69 Å². The highest BCUT2D eigenvalue weighted by molar-refractivity contribution is 5.41. The Morgan fingerprint density at radius 1 is 1.56 bits per heavy atom. The molecule has 2 N–H and O–H groups in total. The summed E-state index contributed by atoms with van der Waals surface area (Å²) >= 11 is 0. The molecule has 0 bridgehead atoms. The van der Waals surface area contributed by atoms with E-state index < -0.39 is 37.0 Å². The van der Waals surface area contributed by atoms with E-state index in [2.05, 4.69) is 4.74 Å². The Bertz CT molecular complexity index is 399. The normalized spacial score (nSPS) is 21.6. The fourth-order valence-electron chi connectivity index (χ4n) is 0.362. The van der Waals surface area contributed by atoms with E-state index in [0.29, 0.717) is 0 Å². The molecule has 0 amide bonds. The van der Waals surface area contributed by atoms with Crippen LogP contribution < -0.4 is 10.5 Å². The summed E-state index contributed by atoms with van der Waals surface area (Å²) in [6.07, 6.45) is 0. The van der Waals surface area contributed by atoms with Gasteiger partial charge in [-0.25, -0.2) is 0 Å². The molecule has 0 aromatic heterocycles. The molecular weight excluding hydrogens is 114 g/mol. The Balaban J connectivity index is 3.40. The van der Waals surface area contributed by atoms with Gasteiger partial charge in [-0.2, -0.15) is 0 Å². The Hall–Kier alpha value is -1.18. The fourth-order valence-corrected chi connectivity index (χ4v) is 0.362. The lowest BCUT2D eigenvalue weighted by atomic mass is 10.3. The van der Waals surface area contributed by atoms with Crippen molar-refractivity contribution in [3.63, 3.8) is 0 Å². The standard InChI is InChI=1S/C7H9NO/c1-9-7-4-2-6(8)3-5-7/h2-5H,8H2,1H3/i1D3,2D,3D,4D,5D. The molecule has 2 nitrogen and oxygen atoms in total. The van der Waals surface area contributed by atoms with E-state index in [1.165, 1.54) is 0 Å². The lowest BCUT2D eigenvalue weighted by Crippen LogP contribution is -1.84. The molecule has 1 aromatic rings. The largest absolute Gasteiger partial charge is 0.497 e. The molecule has 0 saturated carbocycles. The van der Waals surface area contributed by atoms with Crippen molar-refractivity contribution in [3.05, 3.63) is 24.2 Å². The van der Waals surface area contributed by atoms with Crippen molar-refractivity contribution in [2.24, 2.45) is 0 Å². The zero-order chi connectivity index (χ0) is 12.7. The van der Waals surface area contributed by atoms with Crippen LogP contribution in [0.15, 0.2) is 24.2 Å². The van der Waals surface area contributed by atoms with Crippen molar-refractivity contribution < 1.29 is 14.3 Å². The third kappa shape index (κ3) is 1.35. The van der Waals surface area contributed by atoms with E-state index in [4.69, 9.17) is 15.3 Å². The first-order valence-electron chi connectivity index (χ1n) is 5.70. The maximum Gasteiger partial charge on any atom is 0.119 e. The van der Waals surface area contributed by atoms with E-state index in [1.54, 1.807) is 0 Å². The van der Waals surface area contributed by atoms with Crippen molar-refractivity contribution >= 4 is 5.69 Å². The molecule has 48 valence electrons. The van der Waals surface area contributed by atoms with Gasteiger partial charge in [0.05, 0.1) is 16.6 Å². The second-order valence-corrected chi connectivity index (χ2v) is 1.34. The van der Waals surface area contributed by atoms with Crippen LogP contribution in [0.1, 0.15) is 9.60 Å². The van der Waals surface area contributed by atoms with Gasteiger partial charge >= 0.3 is 0 Å². The van der Waals surface area contributed by atoms with Gasteiger partial charge in [0.15, 0.2) is 0 Å². The van der Waals surface area contributed by atoms with Crippen LogP contribution >= 0.6 is 0 Å². The van der Waals surface area contributed by atoms with Crippen LogP contribution in [-0.2, 0) is 0 Å². The topological polar surface area (TPSA) is 35.2 Å². The Kier molecular flexibility index (Phi) is 0.441. The number of nitrogen functional groups attached to an aromatic ring is 1. The number of nitrogens with two attached hydrogens (primary N) is 1. The highest BCUT2D eigenvalue weighted by Crippen LogP contribution is 2.11. The highest BCUT2D eigenvalue weighted by atomic mass is 16.5. The summed E-state index contributed by atoms with van der Waals surface area (Å²) in [5, 5.41) is 0. The van der Waals surface area contributed by atoms with E-state index in [0.717, 1.165) is 0 Å². The molecule has 0 aliphatic carbocycles. The number of hydrogen-bond donors (Lipinski definition) is 1. The fraction of sp³-hybridized carbons (Fsp3) is 0.143. The Morgan fingerprint density at radius 2 is 2.22 bits per heavy atom. The molecular formula is C7H9NO. The molecule has 0 unspecified atom stereocenters. The molecule has 0 saturated heterocycles. The lowest BCUT2D eigenvalue weighted by Gasteiger charge is -1.97. The molecule has 1 aromatic carbocycles. The predicted molar refractivity (Wildman–Crippen MR) is 37.4 cm³/mol. The summed E-state index contributed by atoms with van der Waals surface area (Å²) in [5.41, 5.74) is 4.97. The second-order valence-electron chi connectivity index (χ2n) is 1.34. The summed E-state index contributed by atoms with van der Waals surface area (Å²) in [6.45, 7) is 0. The van der Waals surface area contributed by atoms with E-state index in [1.807, 2.05) is 0 Å². The monoisotopic (exact) mass is 130 g/mol. The lowest BCUT2D eigenvalue weighted by molar-refractivity contribution is 0.415. The number of methoxy groups -OCH3 is 1. The van der Waals surface area contributed by atoms with Crippen LogP contribution in [-0.4, -0.2) is 7.04 Å². The van der Waals surface area contributed by atoms with Crippen molar-refractivity contribution in [2.75, 3.05) is 12.8 Å². The second kappa shape index (κ2) is 2.40. The van der Waals surface area contributed by atoms with E-state index in [9.17, 15) is 0 Å². The minimum absolute atomic E-state index is 0.340. The molecule has 0 heterocycles. The van der Waals surface area contributed by atoms with Gasteiger partial charge in [-0.3, -0.25) is 0 Å². The number of hydrogen-bond acceptors (Lipinski definition) is 2. The Morgan fingerprint density at radius 3 is 2.78 bits per heavy atom. The average Bonchev–Trinajstić information content (AvgIpc) is 2.17. The van der Waals surface area contributed by atoms with Gasteiger partial charge in [0.1, 0.15) is 5.75 Å². The minimum atomic E-state index is -2.83. The number of anilines is 1. The van der Waals surface area contributed by atoms with Crippen LogP contribution in [0.25, 0.3) is 0 Å². The molecule has 0 radical (unpaired) electrons. The van der Waals surface area contributed by atoms with Gasteiger partial charge in [0, 0.05) is 5.69 Å². The average molecular weight is 130 g/mol. The molecule has 2 heteroatoms. The molecule has 0 aliphatic rings. The van der Waals surface area contributed by atoms with Crippen LogP contribution in [0.4, 0.5) is 5.69 Å². The number of ether oxygens (including phenoxy) is 1. The molecule has 0 spiro atoms. The molecule has 1 rings (SSSR count). The third-order valence-corrected chi connectivity index (χ3v) is 0.723. The van der Waals surface area contributed by atoms with Gasteiger partial charge in [-0.05, 0) is 24.2 Å². The SMILES string of the molecule is [2H]c1c([2H])c(OC([2H])([2H])[2H])c([2H])c([2H])c1N. The quantitative estimate of drug-likeness (QED) is 0.581. The summed E-state index contributed by atoms with van der Waals surface area (Å²) in [7, 11) is -2.83. The minimum Gasteiger partial charge on any atom is -0.497 e. The first-order chi connectivity index (χ1) is 7.15. The predicted octanol–water partition coefficient (Wildman–Crippen LogP) is 1.28. The summed E-state index contributed by atoms with van der Waals surface area (Å²) < 4.78 is 54.5. The van der Waals surface area contributed by atoms with Gasteiger partial charge in [0.25, 0.3) is 0 Å². The zero-order valence-corrected chi connectivity index (χ0v) is 4.49. The van der Waals surface area contributed by atoms with Crippen molar-refractivity contribution in [2.45, 2.75) is 0 Å². The number of rotatable bonds is 1. The Labute approximate surface area is 64.1 Å². The first-order valence-corrected chi connectivity index (χ1v) is 2.20. The third-order valence-electron chi connectivity index (χ3n) is 0.723. The highest BCUT2D eigenvalue weighted by Gasteiger charge is 1.85.